The lowest BCUT2D eigenvalue weighted by molar-refractivity contribution is -0.186. The first kappa shape index (κ1) is 20.1. The molecule has 6 heteroatoms. The first-order valence-electron chi connectivity index (χ1n) is 10.8. The number of hydrogen-bond donors (Lipinski definition) is 2. The molecule has 9 atom stereocenters. The maximum atomic E-state index is 11.7. The lowest BCUT2D eigenvalue weighted by atomic mass is 9.55. The third kappa shape index (κ3) is 2.59. The molecule has 28 heavy (non-hydrogen) atoms. The van der Waals surface area contributed by atoms with E-state index in [0.29, 0.717) is 6.42 Å². The Morgan fingerprint density at radius 3 is 2.25 bits per heavy atom. The highest BCUT2D eigenvalue weighted by atomic mass is 16.5. The molecule has 0 aromatic carbocycles. The highest BCUT2D eigenvalue weighted by molar-refractivity contribution is 5.66. The number of esters is 2. The summed E-state index contributed by atoms with van der Waals surface area (Å²) in [5.41, 5.74) is -1.77. The van der Waals surface area contributed by atoms with Crippen molar-refractivity contribution in [3.8, 4) is 0 Å². The number of aliphatic hydroxyl groups excluding tert-OH is 1. The fraction of sp³-hybridized carbons (Fsp3) is 0.909. The zero-order valence-electron chi connectivity index (χ0n) is 17.4. The van der Waals surface area contributed by atoms with Crippen LogP contribution in [0.2, 0.25) is 0 Å². The lowest BCUT2D eigenvalue weighted by Crippen LogP contribution is -2.56. The number of carbonyl (C=O) groups excluding carboxylic acids is 2. The van der Waals surface area contributed by atoms with E-state index in [1.807, 2.05) is 0 Å². The maximum Gasteiger partial charge on any atom is 0.302 e. The van der Waals surface area contributed by atoms with Crippen LogP contribution in [0.4, 0.5) is 0 Å². The predicted octanol–water partition coefficient (Wildman–Crippen LogP) is 2.59. The predicted molar refractivity (Wildman–Crippen MR) is 101 cm³/mol. The summed E-state index contributed by atoms with van der Waals surface area (Å²) in [6.45, 7) is 7.16. The van der Waals surface area contributed by atoms with Gasteiger partial charge in [0, 0.05) is 31.1 Å². The molecular weight excluding hydrogens is 360 g/mol. The van der Waals surface area contributed by atoms with E-state index in [1.165, 1.54) is 13.8 Å². The minimum absolute atomic E-state index is 0.00890. The van der Waals surface area contributed by atoms with E-state index in [0.717, 1.165) is 38.5 Å². The van der Waals surface area contributed by atoms with Gasteiger partial charge in [0.05, 0.1) is 11.7 Å². The molecule has 0 spiro atoms. The lowest BCUT2D eigenvalue weighted by Gasteiger charge is -2.51. The van der Waals surface area contributed by atoms with E-state index in [-0.39, 0.29) is 52.7 Å². The number of hydrogen-bond acceptors (Lipinski definition) is 6. The minimum atomic E-state index is -1.24. The molecule has 0 amide bonds. The van der Waals surface area contributed by atoms with Crippen LogP contribution in [0.25, 0.3) is 0 Å². The summed E-state index contributed by atoms with van der Waals surface area (Å²) in [4.78, 5) is 23.0. The maximum absolute atomic E-state index is 11.7. The van der Waals surface area contributed by atoms with Gasteiger partial charge in [-0.25, -0.2) is 0 Å². The van der Waals surface area contributed by atoms with Gasteiger partial charge in [0.25, 0.3) is 0 Å². The SMILES string of the molecule is CC(=O)O[C@H]1CC[C@]2(C)[C@H]3CC[C@]4(C)[C@@H](OC(C)=O)CC[C@H]4[C@@H]3[C@H](O)[C@@]2(O)C1. The zero-order chi connectivity index (χ0) is 20.5. The monoisotopic (exact) mass is 394 g/mol. The number of aliphatic hydroxyl groups is 2. The van der Waals surface area contributed by atoms with Gasteiger partial charge < -0.3 is 19.7 Å². The number of fused-ring (bicyclic) bond motifs is 5. The normalized spacial score (nSPS) is 52.4. The molecular formula is C22H34O6. The van der Waals surface area contributed by atoms with Gasteiger partial charge in [0.1, 0.15) is 12.2 Å². The van der Waals surface area contributed by atoms with Gasteiger partial charge >= 0.3 is 11.9 Å². The van der Waals surface area contributed by atoms with E-state index in [2.05, 4.69) is 13.8 Å². The molecule has 0 saturated heterocycles. The fourth-order valence-electron chi connectivity index (χ4n) is 7.70. The summed E-state index contributed by atoms with van der Waals surface area (Å²) in [7, 11) is 0. The molecule has 0 aromatic rings. The number of carbonyl (C=O) groups is 2. The molecule has 0 heterocycles. The Morgan fingerprint density at radius 2 is 1.61 bits per heavy atom. The quantitative estimate of drug-likeness (QED) is 0.700. The van der Waals surface area contributed by atoms with Gasteiger partial charge in [-0.2, -0.15) is 0 Å². The van der Waals surface area contributed by atoms with Crippen LogP contribution in [0.15, 0.2) is 0 Å². The third-order valence-corrected chi connectivity index (χ3v) is 9.07. The summed E-state index contributed by atoms with van der Waals surface area (Å²) < 4.78 is 11.1. The van der Waals surface area contributed by atoms with Crippen LogP contribution in [0, 0.1) is 28.6 Å². The van der Waals surface area contributed by atoms with E-state index in [9.17, 15) is 19.8 Å². The topological polar surface area (TPSA) is 93.1 Å². The van der Waals surface area contributed by atoms with E-state index >= 15 is 0 Å². The highest BCUT2D eigenvalue weighted by Gasteiger charge is 2.72. The average molecular weight is 395 g/mol. The highest BCUT2D eigenvalue weighted by Crippen LogP contribution is 2.70. The van der Waals surface area contributed by atoms with E-state index in [4.69, 9.17) is 9.47 Å². The summed E-state index contributed by atoms with van der Waals surface area (Å²) in [5.74, 6) is -0.131. The molecule has 4 aliphatic carbocycles. The summed E-state index contributed by atoms with van der Waals surface area (Å²) in [6.07, 6.45) is 4.08. The second-order valence-corrected chi connectivity index (χ2v) is 10.3. The first-order valence-corrected chi connectivity index (χ1v) is 10.8. The molecule has 4 saturated carbocycles. The average Bonchev–Trinajstić information content (AvgIpc) is 2.99. The Labute approximate surface area is 167 Å². The van der Waals surface area contributed by atoms with Crippen molar-refractivity contribution >= 4 is 11.9 Å². The minimum Gasteiger partial charge on any atom is -0.462 e. The van der Waals surface area contributed by atoms with Crippen molar-refractivity contribution in [2.45, 2.75) is 96.6 Å². The number of rotatable bonds is 2. The molecule has 0 bridgehead atoms. The van der Waals surface area contributed by atoms with Gasteiger partial charge in [-0.1, -0.05) is 13.8 Å². The van der Waals surface area contributed by atoms with E-state index in [1.54, 1.807) is 0 Å². The molecule has 2 N–H and O–H groups in total. The van der Waals surface area contributed by atoms with Crippen molar-refractivity contribution in [1.29, 1.82) is 0 Å². The van der Waals surface area contributed by atoms with Gasteiger partial charge in [-0.15, -0.1) is 0 Å². The standard InChI is InChI=1S/C22H34O6/c1-12(23)27-14-7-10-21(4)16-8-9-20(3)15(5-6-17(20)28-13(2)24)18(16)19(25)22(21,26)11-14/h14-19,25-26H,5-11H2,1-4H3/t14-,15-,16-,17-,18-,19-,20-,21+,22-/m0/s1. The van der Waals surface area contributed by atoms with Crippen molar-refractivity contribution < 1.29 is 29.3 Å². The Balaban J connectivity index is 1.64. The van der Waals surface area contributed by atoms with Crippen molar-refractivity contribution in [2.24, 2.45) is 28.6 Å². The fourth-order valence-corrected chi connectivity index (χ4v) is 7.70. The molecule has 0 aliphatic heterocycles. The molecule has 4 aliphatic rings. The largest absolute Gasteiger partial charge is 0.462 e. The first-order chi connectivity index (χ1) is 13.0. The second kappa shape index (κ2) is 6.43. The zero-order valence-corrected chi connectivity index (χ0v) is 17.4. The Hall–Kier alpha value is -1.14. The van der Waals surface area contributed by atoms with Crippen LogP contribution in [-0.4, -0.2) is 46.1 Å². The van der Waals surface area contributed by atoms with Crippen LogP contribution < -0.4 is 0 Å². The van der Waals surface area contributed by atoms with Crippen LogP contribution >= 0.6 is 0 Å². The van der Waals surface area contributed by atoms with Crippen LogP contribution in [0.5, 0.6) is 0 Å². The Bertz CT molecular complexity index is 678. The molecule has 0 aromatic heterocycles. The van der Waals surface area contributed by atoms with Crippen molar-refractivity contribution in [3.63, 3.8) is 0 Å². The van der Waals surface area contributed by atoms with Crippen LogP contribution in [-0.2, 0) is 19.1 Å². The molecule has 0 unspecified atom stereocenters. The molecule has 0 radical (unpaired) electrons. The van der Waals surface area contributed by atoms with Crippen LogP contribution in [0.3, 0.4) is 0 Å². The Kier molecular flexibility index (Phi) is 4.63. The molecule has 6 nitrogen and oxygen atoms in total. The van der Waals surface area contributed by atoms with Crippen LogP contribution in [0.1, 0.15) is 72.6 Å². The Morgan fingerprint density at radius 1 is 0.929 bits per heavy atom. The summed E-state index contributed by atoms with van der Waals surface area (Å²) in [5, 5.41) is 23.2. The molecule has 4 fully saturated rings. The van der Waals surface area contributed by atoms with Gasteiger partial charge in [-0.05, 0) is 56.3 Å². The van der Waals surface area contributed by atoms with Gasteiger partial charge in [-0.3, -0.25) is 9.59 Å². The summed E-state index contributed by atoms with van der Waals surface area (Å²) in [6, 6.07) is 0. The smallest absolute Gasteiger partial charge is 0.302 e. The van der Waals surface area contributed by atoms with Gasteiger partial charge in [0.2, 0.25) is 0 Å². The van der Waals surface area contributed by atoms with Crippen molar-refractivity contribution in [2.75, 3.05) is 0 Å². The van der Waals surface area contributed by atoms with Crippen molar-refractivity contribution in [3.05, 3.63) is 0 Å². The van der Waals surface area contributed by atoms with Crippen molar-refractivity contribution in [1.82, 2.24) is 0 Å². The molecule has 4 rings (SSSR count). The van der Waals surface area contributed by atoms with E-state index < -0.39 is 11.7 Å². The van der Waals surface area contributed by atoms with Gasteiger partial charge in [0.15, 0.2) is 0 Å². The third-order valence-electron chi connectivity index (χ3n) is 9.07. The summed E-state index contributed by atoms with van der Waals surface area (Å²) >= 11 is 0. The molecule has 158 valence electrons. The second-order valence-electron chi connectivity index (χ2n) is 10.3. The number of ether oxygens (including phenoxy) is 2.